The molecule has 0 saturated heterocycles. The number of carboxylic acid groups (broad SMARTS) is 1. The number of nitrogens with one attached hydrogen (secondary N) is 2. The fraction of sp³-hybridized carbons (Fsp3) is 0.273. The van der Waals surface area contributed by atoms with Gasteiger partial charge in [0.25, 0.3) is 0 Å². The zero-order valence-electron chi connectivity index (χ0n) is 24.4. The maximum absolute atomic E-state index is 13.2. The molecule has 46 heavy (non-hydrogen) atoms. The Labute approximate surface area is 299 Å². The molecule has 1 aliphatic rings. The summed E-state index contributed by atoms with van der Waals surface area (Å²) in [7, 11) is 1.53. The number of fused-ring (bicyclic) bond motifs is 1. The molecule has 238 valence electrons. The van der Waals surface area contributed by atoms with Gasteiger partial charge in [-0.05, 0) is 86.7 Å². The molecule has 1 aromatic heterocycles. The molecule has 1 fully saturated rings. The zero-order chi connectivity index (χ0) is 32.0. The number of hydrogen-bond donors (Lipinski definition) is 3. The Balaban J connectivity index is 0.00000480. The molecule has 0 aliphatic heterocycles. The van der Waals surface area contributed by atoms with Crippen LogP contribution < -0.4 is 24.8 Å². The van der Waals surface area contributed by atoms with Crippen LogP contribution in [0.4, 0.5) is 15.8 Å². The molecule has 3 N–H and O–H groups in total. The summed E-state index contributed by atoms with van der Waals surface area (Å²) >= 11 is 6.54. The summed E-state index contributed by atoms with van der Waals surface area (Å²) in [4.78, 5) is 41.1. The Morgan fingerprint density at radius 2 is 1.59 bits per heavy atom. The monoisotopic (exact) mass is 677 g/mol. The third-order valence-electron chi connectivity index (χ3n) is 7.41. The van der Waals surface area contributed by atoms with Gasteiger partial charge in [0.2, 0.25) is 11.8 Å². The zero-order valence-corrected chi connectivity index (χ0v) is 25.2. The van der Waals surface area contributed by atoms with E-state index in [1.807, 2.05) is 0 Å². The second-order valence-corrected chi connectivity index (χ2v) is 11.0. The Morgan fingerprint density at radius 1 is 0.891 bits per heavy atom. The first-order chi connectivity index (χ1) is 21.7. The standard InChI is InChI=1S/C33H31ClFN3O7.Ca.2H/c1-43-28-18-23-25(19-29(28)44-16-4-2-3-5-30(39)40)36-15-12-26(23)45-27-11-10-22(17-24(27)34)38-32(42)33(13-14-33)31(41)37-21-8-6-20(35)7-9-21;;;/h6-12,15,17-19H,2-5,13-14,16H2,1H3,(H,37,41)(H,38,42)(H,39,40);;;. The van der Waals surface area contributed by atoms with E-state index >= 15 is 0 Å². The molecular weight excluding hydrogens is 645 g/mol. The second-order valence-electron chi connectivity index (χ2n) is 10.6. The van der Waals surface area contributed by atoms with Crippen molar-refractivity contribution in [1.82, 2.24) is 4.98 Å². The predicted octanol–water partition coefficient (Wildman–Crippen LogP) is 6.29. The van der Waals surface area contributed by atoms with Crippen molar-refractivity contribution in [3.63, 3.8) is 0 Å². The summed E-state index contributed by atoms with van der Waals surface area (Å²) in [6.45, 7) is 0.399. The van der Waals surface area contributed by atoms with Crippen molar-refractivity contribution in [2.75, 3.05) is 24.4 Å². The maximum atomic E-state index is 13.2. The van der Waals surface area contributed by atoms with Crippen LogP contribution in [0.25, 0.3) is 10.9 Å². The Kier molecular flexibility index (Phi) is 12.1. The van der Waals surface area contributed by atoms with Crippen molar-refractivity contribution in [1.29, 1.82) is 0 Å². The molecule has 10 nitrogen and oxygen atoms in total. The van der Waals surface area contributed by atoms with E-state index in [0.29, 0.717) is 77.6 Å². The number of hydrogen-bond acceptors (Lipinski definition) is 7. The predicted molar refractivity (Wildman–Crippen MR) is 175 cm³/mol. The number of unbranched alkanes of at least 4 members (excludes halogenated alkanes) is 2. The van der Waals surface area contributed by atoms with Crippen LogP contribution in [0.1, 0.15) is 38.5 Å². The molecule has 0 spiro atoms. The number of nitrogens with zero attached hydrogens (tertiary/aromatic N) is 1. The average molecular weight is 678 g/mol. The number of benzene rings is 3. The SMILES string of the molecule is COc1cc2c(Oc3ccc(NC(=O)C4(C(=O)Nc5ccc(F)cc5)CC4)cc3Cl)ccnc2cc1OCCCCCC(=O)O.[CaH2]. The second kappa shape index (κ2) is 15.8. The molecule has 0 unspecified atom stereocenters. The average Bonchev–Trinajstić information content (AvgIpc) is 3.83. The van der Waals surface area contributed by atoms with Crippen LogP contribution in [0, 0.1) is 11.2 Å². The van der Waals surface area contributed by atoms with Crippen molar-refractivity contribution in [2.24, 2.45) is 5.41 Å². The van der Waals surface area contributed by atoms with Gasteiger partial charge in [-0.2, -0.15) is 0 Å². The molecule has 5 rings (SSSR count). The number of aliphatic carboxylic acids is 1. The fourth-order valence-corrected chi connectivity index (χ4v) is 4.94. The van der Waals surface area contributed by atoms with Gasteiger partial charge in [-0.15, -0.1) is 0 Å². The van der Waals surface area contributed by atoms with E-state index in [1.165, 1.54) is 37.4 Å². The van der Waals surface area contributed by atoms with Gasteiger partial charge in [0, 0.05) is 35.4 Å². The fourth-order valence-electron chi connectivity index (χ4n) is 4.72. The van der Waals surface area contributed by atoms with Gasteiger partial charge in [-0.25, -0.2) is 4.39 Å². The molecule has 3 aromatic carbocycles. The number of carbonyl (C=O) groups is 3. The van der Waals surface area contributed by atoms with E-state index in [2.05, 4.69) is 15.6 Å². The molecule has 1 saturated carbocycles. The van der Waals surface area contributed by atoms with Crippen molar-refractivity contribution in [2.45, 2.75) is 38.5 Å². The van der Waals surface area contributed by atoms with Gasteiger partial charge in [-0.1, -0.05) is 11.6 Å². The first-order valence-electron chi connectivity index (χ1n) is 14.4. The van der Waals surface area contributed by atoms with Crippen LogP contribution >= 0.6 is 11.6 Å². The number of carbonyl (C=O) groups excluding carboxylic acids is 2. The molecule has 1 aliphatic carbocycles. The number of ether oxygens (including phenoxy) is 3. The molecule has 0 bridgehead atoms. The van der Waals surface area contributed by atoms with E-state index in [9.17, 15) is 18.8 Å². The summed E-state index contributed by atoms with van der Waals surface area (Å²) in [5, 5.41) is 15.1. The van der Waals surface area contributed by atoms with Gasteiger partial charge in [0.05, 0.1) is 24.3 Å². The summed E-state index contributed by atoms with van der Waals surface area (Å²) in [6, 6.07) is 15.3. The van der Waals surface area contributed by atoms with Crippen molar-refractivity contribution >= 4 is 89.4 Å². The number of pyridine rings is 1. The van der Waals surface area contributed by atoms with Crippen molar-refractivity contribution < 1.29 is 38.1 Å². The third kappa shape index (κ3) is 8.58. The Morgan fingerprint density at radius 3 is 2.24 bits per heavy atom. The van der Waals surface area contributed by atoms with Gasteiger partial charge in [-0.3, -0.25) is 19.4 Å². The number of aromatic nitrogens is 1. The van der Waals surface area contributed by atoms with Gasteiger partial charge < -0.3 is 30.0 Å². The summed E-state index contributed by atoms with van der Waals surface area (Å²) in [5.41, 5.74) is 0.181. The minimum absolute atomic E-state index is 0. The normalized spacial score (nSPS) is 12.8. The number of halogens is 2. The van der Waals surface area contributed by atoms with Crippen LogP contribution in [0.5, 0.6) is 23.0 Å². The van der Waals surface area contributed by atoms with Crippen LogP contribution in [0.3, 0.4) is 0 Å². The quantitative estimate of drug-likeness (QED) is 0.0805. The van der Waals surface area contributed by atoms with Crippen LogP contribution in [-0.4, -0.2) is 79.3 Å². The van der Waals surface area contributed by atoms with Gasteiger partial charge in [0.1, 0.15) is 22.7 Å². The van der Waals surface area contributed by atoms with E-state index in [-0.39, 0.29) is 49.2 Å². The number of anilines is 2. The topological polar surface area (TPSA) is 136 Å². The molecule has 13 heteroatoms. The molecule has 0 atom stereocenters. The van der Waals surface area contributed by atoms with Gasteiger partial charge in [0.15, 0.2) is 11.5 Å². The molecule has 0 radical (unpaired) electrons. The van der Waals surface area contributed by atoms with Crippen molar-refractivity contribution in [3.05, 3.63) is 77.7 Å². The van der Waals surface area contributed by atoms with E-state index in [4.69, 9.17) is 30.9 Å². The summed E-state index contributed by atoms with van der Waals surface area (Å²) in [6.07, 6.45) is 4.51. The van der Waals surface area contributed by atoms with Crippen molar-refractivity contribution in [3.8, 4) is 23.0 Å². The number of methoxy groups -OCH3 is 1. The Hall–Kier alpha value is -3.64. The Bertz CT molecular complexity index is 1730. The third-order valence-corrected chi connectivity index (χ3v) is 7.71. The van der Waals surface area contributed by atoms with Crippen LogP contribution in [0.15, 0.2) is 66.9 Å². The summed E-state index contributed by atoms with van der Waals surface area (Å²) < 4.78 is 30.8. The first-order valence-corrected chi connectivity index (χ1v) is 14.7. The van der Waals surface area contributed by atoms with E-state index in [1.54, 1.807) is 36.5 Å². The van der Waals surface area contributed by atoms with Crippen LogP contribution in [-0.2, 0) is 14.4 Å². The molecule has 4 aromatic rings. The van der Waals surface area contributed by atoms with Crippen LogP contribution in [0.2, 0.25) is 5.02 Å². The van der Waals surface area contributed by atoms with E-state index in [0.717, 1.165) is 6.42 Å². The number of amides is 2. The summed E-state index contributed by atoms with van der Waals surface area (Å²) in [5.74, 6) is -0.373. The number of carboxylic acids is 1. The molecule has 1 heterocycles. The van der Waals surface area contributed by atoms with E-state index < -0.39 is 29.0 Å². The van der Waals surface area contributed by atoms with Gasteiger partial charge >= 0.3 is 43.7 Å². The molecular formula is C33H33CaClFN3O7. The first kappa shape index (κ1) is 35.2. The molecule has 2 amide bonds. The minimum atomic E-state index is -1.21. The number of rotatable bonds is 14.